The van der Waals surface area contributed by atoms with Gasteiger partial charge in [-0.3, -0.25) is 0 Å². The van der Waals surface area contributed by atoms with Crippen LogP contribution in [0.2, 0.25) is 0 Å². The molecule has 2 rings (SSSR count). The molecule has 1 atom stereocenters. The second-order valence-corrected chi connectivity index (χ2v) is 4.99. The van der Waals surface area contributed by atoms with Gasteiger partial charge in [-0.15, -0.1) is 0 Å². The Morgan fingerprint density at radius 2 is 2.11 bits per heavy atom. The van der Waals surface area contributed by atoms with E-state index in [1.54, 1.807) is 6.20 Å². The molecule has 2 aromatic heterocycles. The van der Waals surface area contributed by atoms with E-state index in [0.717, 1.165) is 23.6 Å². The maximum Gasteiger partial charge on any atom is 0.223 e. The van der Waals surface area contributed by atoms with Gasteiger partial charge in [0.25, 0.3) is 0 Å². The van der Waals surface area contributed by atoms with Crippen LogP contribution in [-0.4, -0.2) is 19.9 Å². The summed E-state index contributed by atoms with van der Waals surface area (Å²) in [4.78, 5) is 16.4. The molecule has 0 aromatic carbocycles. The van der Waals surface area contributed by atoms with Crippen molar-refractivity contribution in [3.05, 3.63) is 35.7 Å². The van der Waals surface area contributed by atoms with Gasteiger partial charge in [-0.2, -0.15) is 0 Å². The van der Waals surface area contributed by atoms with Gasteiger partial charge in [-0.25, -0.2) is 15.0 Å². The Kier molecular flexibility index (Phi) is 4.14. The minimum Gasteiger partial charge on any atom is -0.347 e. The third kappa shape index (κ3) is 3.30. The number of aromatic amines is 1. The number of anilines is 1. The fourth-order valence-electron chi connectivity index (χ4n) is 1.94. The zero-order valence-corrected chi connectivity index (χ0v) is 11.9. The third-order valence-electron chi connectivity index (χ3n) is 3.03. The highest BCUT2D eigenvalue weighted by atomic mass is 15.1. The van der Waals surface area contributed by atoms with Crippen molar-refractivity contribution in [2.45, 2.75) is 46.1 Å². The Labute approximate surface area is 113 Å². The molecule has 5 heteroatoms. The number of aromatic nitrogens is 4. The lowest BCUT2D eigenvalue weighted by Gasteiger charge is -2.16. The smallest absolute Gasteiger partial charge is 0.223 e. The molecule has 2 aromatic rings. The summed E-state index contributed by atoms with van der Waals surface area (Å²) in [5.74, 6) is 1.98. The molecule has 5 nitrogen and oxygen atoms in total. The van der Waals surface area contributed by atoms with Crippen molar-refractivity contribution < 1.29 is 0 Å². The SMILES string of the molecule is CCC(Nc1nc(C)cc(C(C)C)n1)c1ncc[nH]1. The number of hydrogen-bond acceptors (Lipinski definition) is 4. The first kappa shape index (κ1) is 13.5. The fourth-order valence-corrected chi connectivity index (χ4v) is 1.94. The molecule has 0 radical (unpaired) electrons. The molecule has 0 bridgehead atoms. The van der Waals surface area contributed by atoms with E-state index in [1.165, 1.54) is 0 Å². The minimum absolute atomic E-state index is 0.108. The quantitative estimate of drug-likeness (QED) is 0.865. The topological polar surface area (TPSA) is 66.5 Å². The Morgan fingerprint density at radius 3 is 2.68 bits per heavy atom. The van der Waals surface area contributed by atoms with Crippen LogP contribution < -0.4 is 5.32 Å². The molecular formula is C14H21N5. The molecule has 0 aliphatic carbocycles. The molecule has 0 amide bonds. The maximum absolute atomic E-state index is 4.57. The number of imidazole rings is 1. The normalized spacial score (nSPS) is 12.7. The highest BCUT2D eigenvalue weighted by Gasteiger charge is 2.14. The standard InChI is InChI=1S/C14H21N5/c1-5-11(13-15-6-7-16-13)18-14-17-10(4)8-12(19-14)9(2)3/h6-9,11H,5H2,1-4H3,(H,15,16)(H,17,18,19). The monoisotopic (exact) mass is 259 g/mol. The molecule has 19 heavy (non-hydrogen) atoms. The summed E-state index contributed by atoms with van der Waals surface area (Å²) in [7, 11) is 0. The van der Waals surface area contributed by atoms with E-state index >= 15 is 0 Å². The minimum atomic E-state index is 0.108. The van der Waals surface area contributed by atoms with E-state index in [1.807, 2.05) is 19.2 Å². The van der Waals surface area contributed by atoms with Gasteiger partial charge in [-0.1, -0.05) is 20.8 Å². The van der Waals surface area contributed by atoms with Crippen LogP contribution in [0.15, 0.2) is 18.5 Å². The maximum atomic E-state index is 4.57. The first-order valence-corrected chi connectivity index (χ1v) is 6.71. The molecule has 0 fully saturated rings. The van der Waals surface area contributed by atoms with Crippen LogP contribution >= 0.6 is 0 Å². The lowest BCUT2D eigenvalue weighted by molar-refractivity contribution is 0.690. The summed E-state index contributed by atoms with van der Waals surface area (Å²) in [5.41, 5.74) is 2.04. The van der Waals surface area contributed by atoms with Crippen molar-refractivity contribution >= 4 is 5.95 Å². The number of rotatable bonds is 5. The second-order valence-electron chi connectivity index (χ2n) is 4.99. The summed E-state index contributed by atoms with van der Waals surface area (Å²) >= 11 is 0. The molecule has 1 unspecified atom stereocenters. The van der Waals surface area contributed by atoms with Crippen LogP contribution in [0.5, 0.6) is 0 Å². The lowest BCUT2D eigenvalue weighted by Crippen LogP contribution is -2.14. The van der Waals surface area contributed by atoms with Crippen molar-refractivity contribution in [3.63, 3.8) is 0 Å². The van der Waals surface area contributed by atoms with Gasteiger partial charge in [-0.05, 0) is 25.3 Å². The van der Waals surface area contributed by atoms with Gasteiger partial charge >= 0.3 is 0 Å². The molecular weight excluding hydrogens is 238 g/mol. The molecule has 0 spiro atoms. The van der Waals surface area contributed by atoms with Gasteiger partial charge in [0.15, 0.2) is 0 Å². The zero-order chi connectivity index (χ0) is 13.8. The molecule has 2 N–H and O–H groups in total. The average molecular weight is 259 g/mol. The summed E-state index contributed by atoms with van der Waals surface area (Å²) < 4.78 is 0. The highest BCUT2D eigenvalue weighted by Crippen LogP contribution is 2.19. The van der Waals surface area contributed by atoms with Gasteiger partial charge in [0.05, 0.1) is 6.04 Å². The van der Waals surface area contributed by atoms with E-state index in [0.29, 0.717) is 11.9 Å². The van der Waals surface area contributed by atoms with Crippen molar-refractivity contribution in [2.75, 3.05) is 5.32 Å². The van der Waals surface area contributed by atoms with Crippen molar-refractivity contribution in [3.8, 4) is 0 Å². The van der Waals surface area contributed by atoms with Crippen LogP contribution in [0.25, 0.3) is 0 Å². The van der Waals surface area contributed by atoms with E-state index in [2.05, 4.69) is 46.0 Å². The van der Waals surface area contributed by atoms with Crippen molar-refractivity contribution in [2.24, 2.45) is 0 Å². The lowest BCUT2D eigenvalue weighted by atomic mass is 10.1. The van der Waals surface area contributed by atoms with E-state index in [4.69, 9.17) is 0 Å². The Bertz CT molecular complexity index is 519. The number of nitrogens with one attached hydrogen (secondary N) is 2. The first-order valence-electron chi connectivity index (χ1n) is 6.71. The molecule has 0 aliphatic heterocycles. The second kappa shape index (κ2) is 5.82. The fraction of sp³-hybridized carbons (Fsp3) is 0.500. The third-order valence-corrected chi connectivity index (χ3v) is 3.03. The molecule has 0 aliphatic rings. The molecule has 0 saturated heterocycles. The average Bonchev–Trinajstić information content (AvgIpc) is 2.89. The van der Waals surface area contributed by atoms with Crippen LogP contribution in [0.1, 0.15) is 56.4 Å². The highest BCUT2D eigenvalue weighted by molar-refractivity contribution is 5.31. The Hall–Kier alpha value is -1.91. The van der Waals surface area contributed by atoms with Crippen LogP contribution in [0.3, 0.4) is 0 Å². The van der Waals surface area contributed by atoms with Crippen LogP contribution in [0, 0.1) is 6.92 Å². The van der Waals surface area contributed by atoms with Gasteiger partial charge in [0.2, 0.25) is 5.95 Å². The van der Waals surface area contributed by atoms with Gasteiger partial charge in [0.1, 0.15) is 5.82 Å². The predicted octanol–water partition coefficient (Wildman–Crippen LogP) is 3.19. The Balaban J connectivity index is 2.22. The predicted molar refractivity (Wildman–Crippen MR) is 76.1 cm³/mol. The Morgan fingerprint density at radius 1 is 1.32 bits per heavy atom. The van der Waals surface area contributed by atoms with Gasteiger partial charge in [0, 0.05) is 23.8 Å². The summed E-state index contributed by atoms with van der Waals surface area (Å²) in [6, 6.07) is 2.14. The molecule has 0 saturated carbocycles. The molecule has 2 heterocycles. The summed E-state index contributed by atoms with van der Waals surface area (Å²) in [6.45, 7) is 8.37. The number of nitrogens with zero attached hydrogens (tertiary/aromatic N) is 3. The van der Waals surface area contributed by atoms with E-state index in [9.17, 15) is 0 Å². The van der Waals surface area contributed by atoms with Crippen LogP contribution in [0.4, 0.5) is 5.95 Å². The van der Waals surface area contributed by atoms with Crippen LogP contribution in [-0.2, 0) is 0 Å². The van der Waals surface area contributed by atoms with Crippen molar-refractivity contribution in [1.82, 2.24) is 19.9 Å². The summed E-state index contributed by atoms with van der Waals surface area (Å²) in [6.07, 6.45) is 4.51. The van der Waals surface area contributed by atoms with Gasteiger partial charge < -0.3 is 10.3 Å². The largest absolute Gasteiger partial charge is 0.347 e. The zero-order valence-electron chi connectivity index (χ0n) is 11.9. The van der Waals surface area contributed by atoms with Crippen molar-refractivity contribution in [1.29, 1.82) is 0 Å². The van der Waals surface area contributed by atoms with E-state index in [-0.39, 0.29) is 6.04 Å². The number of hydrogen-bond donors (Lipinski definition) is 2. The number of H-pyrrole nitrogens is 1. The summed E-state index contributed by atoms with van der Waals surface area (Å²) in [5, 5.41) is 3.35. The first-order chi connectivity index (χ1) is 9.10. The number of aryl methyl sites for hydroxylation is 1. The molecule has 102 valence electrons. The van der Waals surface area contributed by atoms with E-state index < -0.39 is 0 Å².